The Hall–Kier alpha value is -2.56. The Morgan fingerprint density at radius 3 is 2.50 bits per heavy atom. The van der Waals surface area contributed by atoms with Crippen molar-refractivity contribution in [3.05, 3.63) is 54.0 Å². The maximum atomic E-state index is 12.1. The molecule has 2 N–H and O–H groups in total. The van der Waals surface area contributed by atoms with Crippen LogP contribution in [0, 0.1) is 0 Å². The Balaban J connectivity index is 1.96. The molecule has 0 fully saturated rings. The van der Waals surface area contributed by atoms with Gasteiger partial charge in [0, 0.05) is 5.69 Å². The number of amides is 2. The van der Waals surface area contributed by atoms with Gasteiger partial charge in [0.15, 0.2) is 5.76 Å². The second-order valence-electron chi connectivity index (χ2n) is 5.44. The molecule has 1 heterocycles. The minimum Gasteiger partial charge on any atom is -0.459 e. The molecule has 1 atom stereocenters. The third kappa shape index (κ3) is 3.97. The lowest BCUT2D eigenvalue weighted by Crippen LogP contribution is -2.41. The topological polar surface area (TPSA) is 71.3 Å². The maximum Gasteiger partial charge on any atom is 0.287 e. The summed E-state index contributed by atoms with van der Waals surface area (Å²) >= 11 is 0. The number of hydrogen-bond donors (Lipinski definition) is 2. The fourth-order valence-electron chi connectivity index (χ4n) is 1.97. The highest BCUT2D eigenvalue weighted by Crippen LogP contribution is 2.18. The molecule has 0 bridgehead atoms. The van der Waals surface area contributed by atoms with Crippen molar-refractivity contribution >= 4 is 17.5 Å². The first-order chi connectivity index (χ1) is 10.5. The summed E-state index contributed by atoms with van der Waals surface area (Å²) in [6.07, 6.45) is 1.41. The van der Waals surface area contributed by atoms with E-state index in [1.807, 2.05) is 24.3 Å². The molecule has 1 aromatic heterocycles. The minimum absolute atomic E-state index is 0.182. The average molecular weight is 300 g/mol. The number of benzene rings is 1. The van der Waals surface area contributed by atoms with Crippen molar-refractivity contribution < 1.29 is 14.0 Å². The van der Waals surface area contributed by atoms with Crippen molar-refractivity contribution in [3.8, 4) is 0 Å². The van der Waals surface area contributed by atoms with Gasteiger partial charge in [0.2, 0.25) is 5.91 Å². The predicted octanol–water partition coefficient (Wildman–Crippen LogP) is 3.16. The van der Waals surface area contributed by atoms with E-state index in [4.69, 9.17) is 4.42 Å². The molecule has 0 spiro atoms. The first-order valence-electron chi connectivity index (χ1n) is 7.22. The molecule has 5 heteroatoms. The third-order valence-electron chi connectivity index (χ3n) is 3.31. The highest BCUT2D eigenvalue weighted by Gasteiger charge is 2.18. The van der Waals surface area contributed by atoms with Crippen LogP contribution >= 0.6 is 0 Å². The van der Waals surface area contributed by atoms with Gasteiger partial charge in [-0.2, -0.15) is 0 Å². The van der Waals surface area contributed by atoms with E-state index >= 15 is 0 Å². The van der Waals surface area contributed by atoms with Crippen LogP contribution in [-0.4, -0.2) is 17.9 Å². The van der Waals surface area contributed by atoms with E-state index in [9.17, 15) is 9.59 Å². The average Bonchev–Trinajstić information content (AvgIpc) is 3.01. The second kappa shape index (κ2) is 6.93. The normalized spacial score (nSPS) is 12.0. The van der Waals surface area contributed by atoms with Gasteiger partial charge in [-0.3, -0.25) is 9.59 Å². The molecule has 22 heavy (non-hydrogen) atoms. The second-order valence-corrected chi connectivity index (χ2v) is 5.44. The molecule has 1 aromatic carbocycles. The van der Waals surface area contributed by atoms with Crippen molar-refractivity contribution in [1.29, 1.82) is 0 Å². The highest BCUT2D eigenvalue weighted by molar-refractivity contribution is 5.99. The van der Waals surface area contributed by atoms with Crippen LogP contribution in [0.3, 0.4) is 0 Å². The molecular formula is C17H20N2O3. The lowest BCUT2D eigenvalue weighted by atomic mass is 10.0. The van der Waals surface area contributed by atoms with Gasteiger partial charge < -0.3 is 15.1 Å². The monoisotopic (exact) mass is 300 g/mol. The van der Waals surface area contributed by atoms with Gasteiger partial charge in [-0.15, -0.1) is 0 Å². The largest absolute Gasteiger partial charge is 0.459 e. The molecule has 2 aromatic rings. The first kappa shape index (κ1) is 15.8. The quantitative estimate of drug-likeness (QED) is 0.891. The van der Waals surface area contributed by atoms with Crippen molar-refractivity contribution in [3.63, 3.8) is 0 Å². The van der Waals surface area contributed by atoms with Gasteiger partial charge in [0.25, 0.3) is 5.91 Å². The molecule has 0 aliphatic rings. The number of rotatable bonds is 5. The Labute approximate surface area is 129 Å². The number of carbonyl (C=O) groups excluding carboxylic acids is 2. The number of nitrogens with one attached hydrogen (secondary N) is 2. The standard InChI is InChI=1S/C17H20N2O3/c1-11(2)13-6-4-7-14(10-13)19-16(20)12(3)18-17(21)15-8-5-9-22-15/h4-12H,1-3H3,(H,18,21)(H,19,20). The van der Waals surface area contributed by atoms with E-state index in [1.165, 1.54) is 6.26 Å². The zero-order valence-electron chi connectivity index (χ0n) is 12.9. The fraction of sp³-hybridized carbons (Fsp3) is 0.294. The number of hydrogen-bond acceptors (Lipinski definition) is 3. The highest BCUT2D eigenvalue weighted by atomic mass is 16.3. The molecule has 5 nitrogen and oxygen atoms in total. The molecule has 2 rings (SSSR count). The molecule has 0 aliphatic heterocycles. The summed E-state index contributed by atoms with van der Waals surface area (Å²) in [5.41, 5.74) is 1.86. The summed E-state index contributed by atoms with van der Waals surface area (Å²) < 4.78 is 4.99. The Kier molecular flexibility index (Phi) is 4.99. The Morgan fingerprint density at radius 1 is 1.09 bits per heavy atom. The Morgan fingerprint density at radius 2 is 1.86 bits per heavy atom. The van der Waals surface area contributed by atoms with E-state index < -0.39 is 11.9 Å². The number of anilines is 1. The van der Waals surface area contributed by atoms with Gasteiger partial charge in [-0.25, -0.2) is 0 Å². The van der Waals surface area contributed by atoms with Crippen LogP contribution in [0.4, 0.5) is 5.69 Å². The van der Waals surface area contributed by atoms with E-state index in [2.05, 4.69) is 24.5 Å². The lowest BCUT2D eigenvalue weighted by molar-refractivity contribution is -0.117. The summed E-state index contributed by atoms with van der Waals surface area (Å²) in [4.78, 5) is 24.0. The zero-order valence-corrected chi connectivity index (χ0v) is 12.9. The first-order valence-corrected chi connectivity index (χ1v) is 7.22. The SMILES string of the molecule is CC(NC(=O)c1ccco1)C(=O)Nc1cccc(C(C)C)c1. The molecule has 0 saturated heterocycles. The Bertz CT molecular complexity index is 648. The summed E-state index contributed by atoms with van der Waals surface area (Å²) in [7, 11) is 0. The molecule has 2 amide bonds. The minimum atomic E-state index is -0.666. The molecule has 0 aliphatic carbocycles. The maximum absolute atomic E-state index is 12.1. The van der Waals surface area contributed by atoms with E-state index in [-0.39, 0.29) is 11.7 Å². The van der Waals surface area contributed by atoms with Gasteiger partial charge in [-0.05, 0) is 42.7 Å². The number of carbonyl (C=O) groups is 2. The van der Waals surface area contributed by atoms with Gasteiger partial charge in [0.05, 0.1) is 6.26 Å². The third-order valence-corrected chi connectivity index (χ3v) is 3.31. The van der Waals surface area contributed by atoms with Crippen LogP contribution in [0.5, 0.6) is 0 Å². The molecule has 0 saturated carbocycles. The van der Waals surface area contributed by atoms with Crippen LogP contribution in [0.25, 0.3) is 0 Å². The summed E-state index contributed by atoms with van der Waals surface area (Å²) in [6, 6.07) is 10.2. The van der Waals surface area contributed by atoms with Gasteiger partial charge in [-0.1, -0.05) is 26.0 Å². The molecular weight excluding hydrogens is 280 g/mol. The summed E-state index contributed by atoms with van der Waals surface area (Å²) in [5, 5.41) is 5.40. The molecule has 1 unspecified atom stereocenters. The van der Waals surface area contributed by atoms with Crippen molar-refractivity contribution in [2.75, 3.05) is 5.32 Å². The fourth-order valence-corrected chi connectivity index (χ4v) is 1.97. The van der Waals surface area contributed by atoms with Crippen LogP contribution in [0.15, 0.2) is 47.1 Å². The van der Waals surface area contributed by atoms with E-state index in [1.54, 1.807) is 19.1 Å². The predicted molar refractivity (Wildman–Crippen MR) is 84.8 cm³/mol. The smallest absolute Gasteiger partial charge is 0.287 e. The van der Waals surface area contributed by atoms with Crippen molar-refractivity contribution in [2.45, 2.75) is 32.7 Å². The van der Waals surface area contributed by atoms with Gasteiger partial charge >= 0.3 is 0 Å². The van der Waals surface area contributed by atoms with Crippen LogP contribution in [-0.2, 0) is 4.79 Å². The molecule has 116 valence electrons. The van der Waals surface area contributed by atoms with E-state index in [0.29, 0.717) is 5.92 Å². The van der Waals surface area contributed by atoms with E-state index in [0.717, 1.165) is 11.3 Å². The van der Waals surface area contributed by atoms with Crippen molar-refractivity contribution in [1.82, 2.24) is 5.32 Å². The summed E-state index contributed by atoms with van der Waals surface area (Å²) in [5.74, 6) is -0.126. The number of furan rings is 1. The molecule has 0 radical (unpaired) electrons. The van der Waals surface area contributed by atoms with Crippen LogP contribution < -0.4 is 10.6 Å². The lowest BCUT2D eigenvalue weighted by Gasteiger charge is -2.14. The zero-order chi connectivity index (χ0) is 16.1. The van der Waals surface area contributed by atoms with Crippen LogP contribution in [0.2, 0.25) is 0 Å². The van der Waals surface area contributed by atoms with Crippen LogP contribution in [0.1, 0.15) is 42.8 Å². The van der Waals surface area contributed by atoms with Crippen molar-refractivity contribution in [2.24, 2.45) is 0 Å². The summed E-state index contributed by atoms with van der Waals surface area (Å²) in [6.45, 7) is 5.81. The van der Waals surface area contributed by atoms with Gasteiger partial charge in [0.1, 0.15) is 6.04 Å².